The Bertz CT molecular complexity index is 2760. The van der Waals surface area contributed by atoms with E-state index >= 15 is 0 Å². The highest BCUT2D eigenvalue weighted by molar-refractivity contribution is 6.08. The molecule has 16 heteroatoms. The van der Waals surface area contributed by atoms with Gasteiger partial charge in [0.15, 0.2) is 0 Å². The third kappa shape index (κ3) is 8.16. The van der Waals surface area contributed by atoms with Crippen LogP contribution >= 0.6 is 0 Å². The van der Waals surface area contributed by atoms with Gasteiger partial charge in [-0.15, -0.1) is 0 Å². The Kier molecular flexibility index (Phi) is 10.5. The maximum Gasteiger partial charge on any atom is 0.420 e. The minimum Gasteiger partial charge on any atom is -0.491 e. The molecule has 0 bridgehead atoms. The first kappa shape index (κ1) is 39.5. The summed E-state index contributed by atoms with van der Waals surface area (Å²) in [7, 11) is 2.03. The van der Waals surface area contributed by atoms with E-state index < -0.39 is 29.8 Å². The van der Waals surface area contributed by atoms with Crippen LogP contribution in [0.5, 0.6) is 17.4 Å². The number of hydrogen-bond acceptors (Lipinski definition) is 10. The molecule has 1 aliphatic carbocycles. The van der Waals surface area contributed by atoms with Crippen molar-refractivity contribution in [3.05, 3.63) is 108 Å². The second kappa shape index (κ2) is 16.2. The number of nitrogens with one attached hydrogen (secondary N) is 1. The second-order valence-corrected chi connectivity index (χ2v) is 15.0. The molecule has 6 heterocycles. The van der Waals surface area contributed by atoms with Gasteiger partial charge in [-0.2, -0.15) is 13.2 Å². The van der Waals surface area contributed by atoms with E-state index in [1.165, 1.54) is 4.90 Å². The number of pyridine rings is 3. The van der Waals surface area contributed by atoms with Gasteiger partial charge in [0.2, 0.25) is 17.7 Å². The third-order valence-electron chi connectivity index (χ3n) is 11.1. The van der Waals surface area contributed by atoms with Crippen LogP contribution in [0.2, 0.25) is 0 Å². The summed E-state index contributed by atoms with van der Waals surface area (Å²) in [5.74, 6) is 4.71. The van der Waals surface area contributed by atoms with Crippen molar-refractivity contribution in [1.29, 1.82) is 0 Å². The van der Waals surface area contributed by atoms with Crippen LogP contribution in [0.25, 0.3) is 32.9 Å². The van der Waals surface area contributed by atoms with Gasteiger partial charge >= 0.3 is 6.18 Å². The Hall–Kier alpha value is -6.99. The second-order valence-electron chi connectivity index (χ2n) is 15.0. The molecule has 1 atom stereocenters. The number of carbonyl (C=O) groups excluding carboxylic acids is 3. The summed E-state index contributed by atoms with van der Waals surface area (Å²) in [6.07, 6.45) is 2.17. The van der Waals surface area contributed by atoms with Crippen LogP contribution in [0.4, 0.5) is 13.2 Å². The van der Waals surface area contributed by atoms with Crippen LogP contribution in [-0.2, 0) is 34.1 Å². The van der Waals surface area contributed by atoms with Crippen molar-refractivity contribution in [2.75, 3.05) is 19.8 Å². The lowest BCUT2D eigenvalue weighted by atomic mass is 9.92. The molecule has 0 radical (unpaired) electrons. The van der Waals surface area contributed by atoms with Crippen LogP contribution in [0.15, 0.2) is 85.5 Å². The number of ether oxygens (including phenoxy) is 4. The lowest BCUT2D eigenvalue weighted by Gasteiger charge is -2.35. The number of imide groups is 1. The van der Waals surface area contributed by atoms with Crippen molar-refractivity contribution < 1.29 is 46.5 Å². The Morgan fingerprint density at radius 3 is 2.51 bits per heavy atom. The molecule has 13 nitrogen and oxygen atoms in total. The van der Waals surface area contributed by atoms with E-state index in [1.54, 1.807) is 36.7 Å². The van der Waals surface area contributed by atoms with Crippen molar-refractivity contribution >= 4 is 39.5 Å². The summed E-state index contributed by atoms with van der Waals surface area (Å²) in [5, 5.41) is 4.49. The summed E-state index contributed by atoms with van der Waals surface area (Å²) in [5.41, 5.74) is 4.21. The molecule has 1 saturated carbocycles. The fourth-order valence-corrected chi connectivity index (χ4v) is 7.85. The normalized spacial score (nSPS) is 18.7. The molecule has 61 heavy (non-hydrogen) atoms. The molecule has 310 valence electrons. The van der Waals surface area contributed by atoms with E-state index in [1.807, 2.05) is 31.4 Å². The lowest BCUT2D eigenvalue weighted by Crippen LogP contribution is -2.52. The number of benzene rings is 2. The average Bonchev–Trinajstić information content (AvgIpc) is 3.71. The summed E-state index contributed by atoms with van der Waals surface area (Å²) in [4.78, 5) is 51.0. The third-order valence-corrected chi connectivity index (χ3v) is 11.1. The minimum atomic E-state index is -4.70. The smallest absolute Gasteiger partial charge is 0.420 e. The Labute approximate surface area is 346 Å². The maximum absolute atomic E-state index is 14.1. The molecular formula is C45H37F3N6O7. The number of piperidine rings is 1. The van der Waals surface area contributed by atoms with E-state index in [0.717, 1.165) is 45.2 Å². The fourth-order valence-electron chi connectivity index (χ4n) is 7.85. The summed E-state index contributed by atoms with van der Waals surface area (Å²) in [6, 6.07) is 17.1. The predicted molar refractivity (Wildman–Crippen MR) is 214 cm³/mol. The van der Waals surface area contributed by atoms with E-state index in [4.69, 9.17) is 18.9 Å². The molecule has 3 amide bonds. The van der Waals surface area contributed by atoms with Crippen LogP contribution in [0.1, 0.15) is 52.9 Å². The molecule has 1 unspecified atom stereocenters. The number of hydrogen-bond donors (Lipinski definition) is 1. The number of aryl methyl sites for hydroxylation is 1. The number of aromatic nitrogens is 4. The van der Waals surface area contributed by atoms with Crippen molar-refractivity contribution in [2.24, 2.45) is 7.05 Å². The van der Waals surface area contributed by atoms with Crippen LogP contribution in [0, 0.1) is 11.8 Å². The Morgan fingerprint density at radius 1 is 0.869 bits per heavy atom. The van der Waals surface area contributed by atoms with Crippen LogP contribution in [-0.4, -0.2) is 80.2 Å². The first-order valence-corrected chi connectivity index (χ1v) is 19.6. The zero-order valence-electron chi connectivity index (χ0n) is 32.7. The van der Waals surface area contributed by atoms with E-state index in [0.29, 0.717) is 35.6 Å². The molecule has 9 rings (SSSR count). The van der Waals surface area contributed by atoms with Crippen LogP contribution < -0.4 is 19.5 Å². The number of amides is 3. The standard InChI is InChI=1S/C45H37F3N6O7/c1-53-37-12-13-49-23-35(37)34-7-4-26(18-39(34)53)27-5-11-42(51-22-27)61-32-20-31(21-32)60-40-24-50-29(19-36(40)45(46,47)48)3-2-14-58-15-16-59-30-6-8-33-28(17-30)25-54(44(33)57)38-9-10-41(55)52-43(38)56/h4-8,11-13,17-19,22-24,31-32,38H,9-10,14-16,20-21,25H2,1H3,(H,52,55,56)/t31-,32-,38?. The van der Waals surface area contributed by atoms with Crippen molar-refractivity contribution in [3.63, 3.8) is 0 Å². The molecule has 2 aromatic carbocycles. The number of nitrogens with zero attached hydrogens (tertiary/aromatic N) is 5. The first-order chi connectivity index (χ1) is 29.5. The van der Waals surface area contributed by atoms with E-state index in [9.17, 15) is 27.6 Å². The van der Waals surface area contributed by atoms with Gasteiger partial charge in [-0.25, -0.2) is 9.97 Å². The van der Waals surface area contributed by atoms with Gasteiger partial charge in [-0.05, 0) is 65.9 Å². The predicted octanol–water partition coefficient (Wildman–Crippen LogP) is 6.40. The van der Waals surface area contributed by atoms with Crippen LogP contribution in [0.3, 0.4) is 0 Å². The number of halogens is 3. The number of rotatable bonds is 11. The van der Waals surface area contributed by atoms with Gasteiger partial charge in [0.25, 0.3) is 5.91 Å². The summed E-state index contributed by atoms with van der Waals surface area (Å²) < 4.78 is 67.3. The highest BCUT2D eigenvalue weighted by Gasteiger charge is 2.40. The van der Waals surface area contributed by atoms with Crippen molar-refractivity contribution in [3.8, 4) is 40.3 Å². The van der Waals surface area contributed by atoms with Gasteiger partial charge < -0.3 is 28.4 Å². The molecule has 2 fully saturated rings. The fraction of sp³-hybridized carbons (Fsp3) is 0.289. The SMILES string of the molecule is Cn1c2ccncc2c2ccc(-c3ccc(O[C@H]4C[C@H](Oc5cnc(C#CCOCCOc6ccc7c(c6)CN(C6CCC(=O)NC6=O)C7=O)cc5C(F)(F)F)C4)nc3)cc21. The molecule has 0 spiro atoms. The highest BCUT2D eigenvalue weighted by atomic mass is 19.4. The van der Waals surface area contributed by atoms with E-state index in [-0.39, 0.29) is 68.6 Å². The topological polar surface area (TPSA) is 147 Å². The maximum atomic E-state index is 14.1. The molecule has 2 aliphatic heterocycles. The Balaban J connectivity index is 0.727. The summed E-state index contributed by atoms with van der Waals surface area (Å²) in [6.45, 7) is 0.420. The summed E-state index contributed by atoms with van der Waals surface area (Å²) >= 11 is 0. The van der Waals surface area contributed by atoms with Crippen molar-refractivity contribution in [1.82, 2.24) is 29.7 Å². The molecule has 6 aromatic rings. The minimum absolute atomic E-state index is 0.0791. The molecule has 3 aliphatic rings. The Morgan fingerprint density at radius 2 is 1.70 bits per heavy atom. The van der Waals surface area contributed by atoms with Gasteiger partial charge in [-0.3, -0.25) is 24.7 Å². The zero-order valence-corrected chi connectivity index (χ0v) is 32.7. The first-order valence-electron chi connectivity index (χ1n) is 19.6. The lowest BCUT2D eigenvalue weighted by molar-refractivity contribution is -0.140. The molecule has 1 saturated heterocycles. The van der Waals surface area contributed by atoms with Gasteiger partial charge in [0.05, 0.1) is 18.3 Å². The highest BCUT2D eigenvalue weighted by Crippen LogP contribution is 2.39. The average molecular weight is 831 g/mol. The van der Waals surface area contributed by atoms with E-state index in [2.05, 4.69) is 48.8 Å². The van der Waals surface area contributed by atoms with Gasteiger partial charge in [-0.1, -0.05) is 18.1 Å². The van der Waals surface area contributed by atoms with Gasteiger partial charge in [0, 0.05) is 84.9 Å². The molecule has 4 aromatic heterocycles. The monoisotopic (exact) mass is 830 g/mol. The van der Waals surface area contributed by atoms with Gasteiger partial charge in [0.1, 0.15) is 54.2 Å². The molecular weight excluding hydrogens is 794 g/mol. The largest absolute Gasteiger partial charge is 0.491 e. The quantitative estimate of drug-likeness (QED) is 0.0885. The van der Waals surface area contributed by atoms with Crippen molar-refractivity contribution in [2.45, 2.75) is 56.7 Å². The zero-order chi connectivity index (χ0) is 42.3. The number of alkyl halides is 3. The molecule has 1 N–H and O–H groups in total. The number of carbonyl (C=O) groups is 3. The number of fused-ring (bicyclic) bond motifs is 4.